The number of hydrogen-bond donors (Lipinski definition) is 0. The lowest BCUT2D eigenvalue weighted by atomic mass is 10.0. The summed E-state index contributed by atoms with van der Waals surface area (Å²) in [6, 6.07) is 0. The van der Waals surface area contributed by atoms with Gasteiger partial charge in [-0.3, -0.25) is 19.2 Å². The monoisotopic (exact) mass is 348 g/mol. The van der Waals surface area contributed by atoms with E-state index >= 15 is 0 Å². The van der Waals surface area contributed by atoms with Gasteiger partial charge in [-0.1, -0.05) is 12.2 Å². The van der Waals surface area contributed by atoms with Crippen molar-refractivity contribution < 1.29 is 38.1 Å². The van der Waals surface area contributed by atoms with E-state index in [1.54, 1.807) is 0 Å². The number of carbonyl (C=O) groups excluding carboxylic acids is 4. The van der Waals surface area contributed by atoms with Crippen LogP contribution in [0.15, 0.2) is 0 Å². The van der Waals surface area contributed by atoms with E-state index in [-0.39, 0.29) is 0 Å². The summed E-state index contributed by atoms with van der Waals surface area (Å²) < 4.78 is 20.1. The molecular weight excluding hydrogens is 328 g/mol. The lowest BCUT2D eigenvalue weighted by Crippen LogP contribution is -2.51. The van der Waals surface area contributed by atoms with E-state index in [2.05, 4.69) is 0 Å². The highest BCUT2D eigenvalue weighted by Gasteiger charge is 2.40. The molecule has 0 saturated carbocycles. The van der Waals surface area contributed by atoms with Crippen LogP contribution in [0.5, 0.6) is 0 Å². The van der Waals surface area contributed by atoms with E-state index in [4.69, 9.17) is 31.2 Å². The van der Waals surface area contributed by atoms with Crippen LogP contribution in [0, 0.1) is 0 Å². The third-order valence-electron chi connectivity index (χ3n) is 2.50. The molecule has 8 nitrogen and oxygen atoms in total. The first-order valence-corrected chi connectivity index (χ1v) is 7.19. The Hall–Kier alpha value is -2.03. The minimum absolute atomic E-state index is 0.623. The summed E-state index contributed by atoms with van der Waals surface area (Å²) >= 11 is 4.79. The average Bonchev–Trinajstić information content (AvgIpc) is 2.38. The largest absolute Gasteiger partial charge is 0.459 e. The van der Waals surface area contributed by atoms with Crippen molar-refractivity contribution in [3.05, 3.63) is 0 Å². The van der Waals surface area contributed by atoms with Gasteiger partial charge in [0.05, 0.1) is 0 Å². The van der Waals surface area contributed by atoms with Gasteiger partial charge < -0.3 is 18.9 Å². The molecule has 0 aliphatic heterocycles. The smallest absolute Gasteiger partial charge is 0.303 e. The van der Waals surface area contributed by atoms with Gasteiger partial charge in [0.1, 0.15) is 6.10 Å². The van der Waals surface area contributed by atoms with Crippen molar-refractivity contribution in [2.45, 2.75) is 59.0 Å². The molecule has 0 aromatic heterocycles. The van der Waals surface area contributed by atoms with E-state index in [0.717, 1.165) is 26.1 Å². The number of carbonyl (C=O) groups is 4. The molecule has 0 aliphatic rings. The third-order valence-corrected chi connectivity index (χ3v) is 2.77. The number of hydrogen-bond acceptors (Lipinski definition) is 9. The average molecular weight is 348 g/mol. The van der Waals surface area contributed by atoms with Crippen LogP contribution in [-0.4, -0.2) is 53.7 Å². The standard InChI is InChI=1S/C14H20O8S/c1-7(19-8(2)15)13(21-10(4)17)14(22-11(5)18)12(6-23)20-9(3)16/h6-7,12-14H,1-5H3/t7-,12+,13+,14-/m1/s1. The third kappa shape index (κ3) is 8.24. The van der Waals surface area contributed by atoms with Gasteiger partial charge in [-0.15, -0.1) is 0 Å². The van der Waals surface area contributed by atoms with E-state index in [9.17, 15) is 19.2 Å². The zero-order valence-electron chi connectivity index (χ0n) is 13.6. The van der Waals surface area contributed by atoms with Gasteiger partial charge in [-0.2, -0.15) is 0 Å². The summed E-state index contributed by atoms with van der Waals surface area (Å²) in [6.07, 6.45) is -4.58. The van der Waals surface area contributed by atoms with Crippen molar-refractivity contribution in [2.75, 3.05) is 0 Å². The van der Waals surface area contributed by atoms with Crippen molar-refractivity contribution in [2.24, 2.45) is 0 Å². The fourth-order valence-electron chi connectivity index (χ4n) is 1.83. The first-order chi connectivity index (χ1) is 10.6. The van der Waals surface area contributed by atoms with Crippen LogP contribution in [0.4, 0.5) is 0 Å². The van der Waals surface area contributed by atoms with Gasteiger partial charge in [0.2, 0.25) is 0 Å². The fourth-order valence-corrected chi connectivity index (χ4v) is 2.04. The van der Waals surface area contributed by atoms with Gasteiger partial charge in [0, 0.05) is 33.1 Å². The first kappa shape index (κ1) is 21.0. The molecule has 9 heteroatoms. The van der Waals surface area contributed by atoms with Gasteiger partial charge in [-0.05, 0) is 6.92 Å². The minimum atomic E-state index is -1.26. The summed E-state index contributed by atoms with van der Waals surface area (Å²) in [7, 11) is 0. The Morgan fingerprint density at radius 3 is 1.48 bits per heavy atom. The van der Waals surface area contributed by atoms with Crippen molar-refractivity contribution in [1.29, 1.82) is 0 Å². The minimum Gasteiger partial charge on any atom is -0.459 e. The van der Waals surface area contributed by atoms with Crippen molar-refractivity contribution in [3.63, 3.8) is 0 Å². The maximum absolute atomic E-state index is 11.3. The zero-order chi connectivity index (χ0) is 18.2. The molecule has 4 atom stereocenters. The highest BCUT2D eigenvalue weighted by atomic mass is 32.1. The van der Waals surface area contributed by atoms with E-state index in [1.807, 2.05) is 0 Å². The van der Waals surface area contributed by atoms with Crippen LogP contribution in [-0.2, 0) is 38.1 Å². The highest BCUT2D eigenvalue weighted by molar-refractivity contribution is 7.79. The van der Waals surface area contributed by atoms with Crippen LogP contribution < -0.4 is 0 Å². The Morgan fingerprint density at radius 2 is 1.13 bits per heavy atom. The lowest BCUT2D eigenvalue weighted by Gasteiger charge is -2.32. The molecule has 0 fully saturated rings. The maximum Gasteiger partial charge on any atom is 0.303 e. The molecule has 130 valence electrons. The van der Waals surface area contributed by atoms with Crippen molar-refractivity contribution in [1.82, 2.24) is 0 Å². The highest BCUT2D eigenvalue weighted by Crippen LogP contribution is 2.18. The zero-order valence-corrected chi connectivity index (χ0v) is 14.4. The van der Waals surface area contributed by atoms with Crippen LogP contribution in [0.1, 0.15) is 34.6 Å². The normalized spacial score (nSPS) is 15.3. The molecule has 0 radical (unpaired) electrons. The molecular formula is C14H20O8S. The summed E-state index contributed by atoms with van der Waals surface area (Å²) in [5.41, 5.74) is 0. The van der Waals surface area contributed by atoms with E-state index in [1.165, 1.54) is 13.8 Å². The second-order valence-electron chi connectivity index (χ2n) is 4.67. The molecule has 23 heavy (non-hydrogen) atoms. The summed E-state index contributed by atoms with van der Waals surface area (Å²) in [4.78, 5) is 45.0. The van der Waals surface area contributed by atoms with E-state index in [0.29, 0.717) is 0 Å². The Morgan fingerprint density at radius 1 is 0.739 bits per heavy atom. The molecule has 0 N–H and O–H groups in total. The summed E-state index contributed by atoms with van der Waals surface area (Å²) in [5, 5.41) is 1.06. The Kier molecular flexibility index (Phi) is 9.01. The lowest BCUT2D eigenvalue weighted by molar-refractivity contribution is -0.191. The summed E-state index contributed by atoms with van der Waals surface area (Å²) in [6.45, 7) is 6.02. The molecule has 0 unspecified atom stereocenters. The first-order valence-electron chi connectivity index (χ1n) is 6.72. The fraction of sp³-hybridized carbons (Fsp3) is 0.643. The van der Waals surface area contributed by atoms with Gasteiger partial charge >= 0.3 is 23.9 Å². The molecule has 0 spiro atoms. The molecule has 0 aliphatic carbocycles. The molecule has 0 saturated heterocycles. The molecule has 0 bridgehead atoms. The molecule has 0 aromatic carbocycles. The number of ether oxygens (including phenoxy) is 4. The topological polar surface area (TPSA) is 105 Å². The summed E-state index contributed by atoms with van der Waals surface area (Å²) in [5.74, 6) is -2.70. The molecule has 0 heterocycles. The number of thiocarbonyl (C=S) groups is 1. The van der Waals surface area contributed by atoms with Crippen LogP contribution in [0.25, 0.3) is 0 Å². The van der Waals surface area contributed by atoms with Crippen LogP contribution in [0.3, 0.4) is 0 Å². The van der Waals surface area contributed by atoms with Gasteiger partial charge in [0.15, 0.2) is 18.3 Å². The quantitative estimate of drug-likeness (QED) is 0.356. The molecule has 0 amide bonds. The number of rotatable bonds is 8. The number of esters is 4. The second-order valence-corrected chi connectivity index (χ2v) is 4.94. The Bertz CT molecular complexity index is 475. The second kappa shape index (κ2) is 9.88. The van der Waals surface area contributed by atoms with Crippen LogP contribution in [0.2, 0.25) is 0 Å². The van der Waals surface area contributed by atoms with Crippen molar-refractivity contribution >= 4 is 41.5 Å². The molecule has 0 aromatic rings. The van der Waals surface area contributed by atoms with Gasteiger partial charge in [0.25, 0.3) is 0 Å². The van der Waals surface area contributed by atoms with Crippen molar-refractivity contribution in [3.8, 4) is 0 Å². The van der Waals surface area contributed by atoms with Crippen LogP contribution >= 0.6 is 12.2 Å². The molecule has 0 rings (SSSR count). The predicted molar refractivity (Wildman–Crippen MR) is 81.5 cm³/mol. The van der Waals surface area contributed by atoms with Gasteiger partial charge in [-0.25, -0.2) is 0 Å². The SMILES string of the molecule is CC(=O)O[C@H]([C@H](OC(C)=O)[C@H](C=S)OC(C)=O)[C@@H](C)OC(C)=O. The Labute approximate surface area is 139 Å². The maximum atomic E-state index is 11.3. The predicted octanol–water partition coefficient (Wildman–Crippen LogP) is 0.733. The Balaban J connectivity index is 5.62. The van der Waals surface area contributed by atoms with E-state index < -0.39 is 48.3 Å².